The molecule has 6 heteroatoms. The fourth-order valence-corrected chi connectivity index (χ4v) is 2.92. The lowest BCUT2D eigenvalue weighted by atomic mass is 10.2. The second-order valence-corrected chi connectivity index (χ2v) is 5.75. The topological polar surface area (TPSA) is 71.3 Å². The minimum absolute atomic E-state index is 0.0437. The van der Waals surface area contributed by atoms with Crippen molar-refractivity contribution in [1.29, 1.82) is 0 Å². The minimum atomic E-state index is -0.247. The molecule has 0 saturated heterocycles. The van der Waals surface area contributed by atoms with Gasteiger partial charge in [-0.15, -0.1) is 11.3 Å². The van der Waals surface area contributed by atoms with Gasteiger partial charge < -0.3 is 15.1 Å². The average Bonchev–Trinajstić information content (AvgIpc) is 3.11. The van der Waals surface area contributed by atoms with Gasteiger partial charge in [-0.05, 0) is 37.1 Å². The highest BCUT2D eigenvalue weighted by Crippen LogP contribution is 2.22. The lowest BCUT2D eigenvalue weighted by molar-refractivity contribution is -0.120. The number of aryl methyl sites for hydroxylation is 2. The van der Waals surface area contributed by atoms with Gasteiger partial charge in [0.05, 0.1) is 24.2 Å². The number of hydrogen-bond donors (Lipinski definition) is 2. The predicted octanol–water partition coefficient (Wildman–Crippen LogP) is 2.26. The molecule has 2 rings (SSSR count). The Balaban J connectivity index is 1.78. The van der Waals surface area contributed by atoms with E-state index in [1.54, 1.807) is 18.4 Å². The molecular weight excluding hydrogens is 288 g/mol. The van der Waals surface area contributed by atoms with E-state index in [1.807, 2.05) is 13.0 Å². The molecule has 5 nitrogen and oxygen atoms in total. The fourth-order valence-electron chi connectivity index (χ4n) is 1.89. The van der Waals surface area contributed by atoms with Crippen LogP contribution in [0, 0.1) is 6.92 Å². The quantitative estimate of drug-likeness (QED) is 0.860. The normalized spacial score (nSPS) is 10.4. The van der Waals surface area contributed by atoms with Crippen molar-refractivity contribution >= 4 is 23.2 Å². The van der Waals surface area contributed by atoms with Gasteiger partial charge in [-0.25, -0.2) is 0 Å². The molecule has 2 aromatic heterocycles. The molecule has 0 aliphatic heterocycles. The zero-order valence-electron chi connectivity index (χ0n) is 12.1. The lowest BCUT2D eigenvalue weighted by Crippen LogP contribution is -2.36. The Kier molecular flexibility index (Phi) is 5.16. The molecule has 0 aromatic carbocycles. The third-order valence-electron chi connectivity index (χ3n) is 3.01. The third-order valence-corrected chi connectivity index (χ3v) is 4.40. The molecule has 2 heterocycles. The van der Waals surface area contributed by atoms with Crippen LogP contribution < -0.4 is 10.6 Å². The molecule has 0 bridgehead atoms. The molecule has 112 valence electrons. The third kappa shape index (κ3) is 4.19. The Labute approximate surface area is 127 Å². The van der Waals surface area contributed by atoms with Crippen LogP contribution in [0.4, 0.5) is 0 Å². The molecular formula is C15H18N2O3S. The maximum absolute atomic E-state index is 12.0. The highest BCUT2D eigenvalue weighted by Gasteiger charge is 2.12. The summed E-state index contributed by atoms with van der Waals surface area (Å²) < 4.78 is 5.11. The Morgan fingerprint density at radius 2 is 2.14 bits per heavy atom. The Hall–Kier alpha value is -2.08. The number of carbonyl (C=O) groups is 2. The van der Waals surface area contributed by atoms with E-state index in [0.717, 1.165) is 12.0 Å². The zero-order valence-corrected chi connectivity index (χ0v) is 12.9. The van der Waals surface area contributed by atoms with Gasteiger partial charge in [0.1, 0.15) is 5.76 Å². The van der Waals surface area contributed by atoms with Crippen LogP contribution in [0.25, 0.3) is 0 Å². The smallest absolute Gasteiger partial charge is 0.261 e. The van der Waals surface area contributed by atoms with E-state index in [0.29, 0.717) is 17.2 Å². The molecule has 2 N–H and O–H groups in total. The molecule has 21 heavy (non-hydrogen) atoms. The van der Waals surface area contributed by atoms with Crippen LogP contribution >= 0.6 is 11.3 Å². The van der Waals surface area contributed by atoms with E-state index < -0.39 is 0 Å². The number of amides is 2. The Morgan fingerprint density at radius 3 is 2.76 bits per heavy atom. The number of carbonyl (C=O) groups excluding carboxylic acids is 2. The molecule has 0 aliphatic rings. The number of thiophene rings is 1. The maximum Gasteiger partial charge on any atom is 0.261 e. The highest BCUT2D eigenvalue weighted by atomic mass is 32.1. The fraction of sp³-hybridized carbons (Fsp3) is 0.333. The number of nitrogens with one attached hydrogen (secondary N) is 2. The van der Waals surface area contributed by atoms with Crippen molar-refractivity contribution in [2.75, 3.05) is 6.54 Å². The van der Waals surface area contributed by atoms with E-state index in [-0.39, 0.29) is 18.4 Å². The lowest BCUT2D eigenvalue weighted by Gasteiger charge is -2.04. The Bertz CT molecular complexity index is 617. The van der Waals surface area contributed by atoms with Gasteiger partial charge in [-0.1, -0.05) is 6.92 Å². The highest BCUT2D eigenvalue weighted by molar-refractivity contribution is 7.14. The van der Waals surface area contributed by atoms with Crippen LogP contribution in [0.3, 0.4) is 0 Å². The summed E-state index contributed by atoms with van der Waals surface area (Å²) in [6.07, 6.45) is 2.46. The molecule has 0 aliphatic carbocycles. The van der Waals surface area contributed by atoms with Crippen molar-refractivity contribution in [3.63, 3.8) is 0 Å². The summed E-state index contributed by atoms with van der Waals surface area (Å²) in [4.78, 5) is 25.4. The summed E-state index contributed by atoms with van der Waals surface area (Å²) in [6, 6.07) is 5.40. The van der Waals surface area contributed by atoms with E-state index in [4.69, 9.17) is 4.42 Å². The number of hydrogen-bond acceptors (Lipinski definition) is 4. The molecule has 2 amide bonds. The first-order valence-electron chi connectivity index (χ1n) is 6.76. The summed E-state index contributed by atoms with van der Waals surface area (Å²) in [6.45, 7) is 4.32. The standard InChI is InChI=1S/C15H18N2O3S/c1-3-12-10(2)7-13(21-12)15(19)17-9-14(18)16-8-11-5-4-6-20-11/h4-7H,3,8-9H2,1-2H3,(H,16,18)(H,17,19). The van der Waals surface area contributed by atoms with Gasteiger partial charge in [0.25, 0.3) is 5.91 Å². The molecule has 0 saturated carbocycles. The van der Waals surface area contributed by atoms with Crippen LogP contribution in [0.15, 0.2) is 28.9 Å². The average molecular weight is 306 g/mol. The van der Waals surface area contributed by atoms with Crippen molar-refractivity contribution in [1.82, 2.24) is 10.6 Å². The van der Waals surface area contributed by atoms with E-state index >= 15 is 0 Å². The first kappa shape index (κ1) is 15.3. The Morgan fingerprint density at radius 1 is 1.33 bits per heavy atom. The molecule has 0 atom stereocenters. The van der Waals surface area contributed by atoms with Crippen LogP contribution in [0.2, 0.25) is 0 Å². The van der Waals surface area contributed by atoms with E-state index in [9.17, 15) is 9.59 Å². The summed E-state index contributed by atoms with van der Waals surface area (Å²) in [7, 11) is 0. The second kappa shape index (κ2) is 7.08. The summed E-state index contributed by atoms with van der Waals surface area (Å²) in [5.41, 5.74) is 1.12. The summed E-state index contributed by atoms with van der Waals surface area (Å²) >= 11 is 1.47. The molecule has 2 aromatic rings. The van der Waals surface area contributed by atoms with Crippen molar-refractivity contribution in [3.05, 3.63) is 45.5 Å². The van der Waals surface area contributed by atoms with Crippen LogP contribution in [-0.2, 0) is 17.8 Å². The maximum atomic E-state index is 12.0. The largest absolute Gasteiger partial charge is 0.467 e. The van der Waals surface area contributed by atoms with Gasteiger partial charge in [-0.2, -0.15) is 0 Å². The summed E-state index contributed by atoms with van der Waals surface area (Å²) in [5, 5.41) is 5.30. The van der Waals surface area contributed by atoms with Crippen molar-refractivity contribution in [3.8, 4) is 0 Å². The van der Waals surface area contributed by atoms with Crippen LogP contribution in [0.1, 0.15) is 32.8 Å². The van der Waals surface area contributed by atoms with Crippen molar-refractivity contribution < 1.29 is 14.0 Å². The van der Waals surface area contributed by atoms with Gasteiger partial charge in [0.2, 0.25) is 5.91 Å². The number of furan rings is 1. The minimum Gasteiger partial charge on any atom is -0.467 e. The van der Waals surface area contributed by atoms with Crippen LogP contribution in [-0.4, -0.2) is 18.4 Å². The van der Waals surface area contributed by atoms with Gasteiger partial charge in [0.15, 0.2) is 0 Å². The first-order valence-corrected chi connectivity index (χ1v) is 7.58. The molecule has 0 spiro atoms. The van der Waals surface area contributed by atoms with E-state index in [2.05, 4.69) is 17.6 Å². The second-order valence-electron chi connectivity index (χ2n) is 4.61. The van der Waals surface area contributed by atoms with E-state index in [1.165, 1.54) is 16.2 Å². The first-order chi connectivity index (χ1) is 10.1. The SMILES string of the molecule is CCc1sc(C(=O)NCC(=O)NCc2ccco2)cc1C. The van der Waals surface area contributed by atoms with Gasteiger partial charge in [-0.3, -0.25) is 9.59 Å². The zero-order chi connectivity index (χ0) is 15.2. The predicted molar refractivity (Wildman–Crippen MR) is 81.3 cm³/mol. The van der Waals surface area contributed by atoms with Crippen molar-refractivity contribution in [2.45, 2.75) is 26.8 Å². The van der Waals surface area contributed by atoms with Crippen molar-refractivity contribution in [2.24, 2.45) is 0 Å². The molecule has 0 fully saturated rings. The number of rotatable bonds is 6. The monoisotopic (exact) mass is 306 g/mol. The van der Waals surface area contributed by atoms with Gasteiger partial charge >= 0.3 is 0 Å². The summed E-state index contributed by atoms with van der Waals surface area (Å²) in [5.74, 6) is 0.218. The molecule has 0 radical (unpaired) electrons. The molecule has 0 unspecified atom stereocenters. The van der Waals surface area contributed by atoms with Gasteiger partial charge in [0, 0.05) is 4.88 Å². The van der Waals surface area contributed by atoms with Crippen LogP contribution in [0.5, 0.6) is 0 Å².